The molecule has 4 nitrogen and oxygen atoms in total. The zero-order valence-corrected chi connectivity index (χ0v) is 22.0. The summed E-state index contributed by atoms with van der Waals surface area (Å²) in [6.45, 7) is 13.3. The summed E-state index contributed by atoms with van der Waals surface area (Å²) in [6, 6.07) is 0. The van der Waals surface area contributed by atoms with Gasteiger partial charge in [-0.3, -0.25) is 9.59 Å². The van der Waals surface area contributed by atoms with Crippen LogP contribution in [-0.4, -0.2) is 28.6 Å². The molecule has 9 atom stereocenters. The van der Waals surface area contributed by atoms with E-state index in [1.54, 1.807) is 0 Å². The van der Waals surface area contributed by atoms with Crippen molar-refractivity contribution >= 4 is 11.8 Å². The highest BCUT2D eigenvalue weighted by atomic mass is 16.6. The molecule has 4 heteroatoms. The Labute approximate surface area is 201 Å². The van der Waals surface area contributed by atoms with E-state index in [2.05, 4.69) is 34.6 Å². The van der Waals surface area contributed by atoms with E-state index < -0.39 is 11.7 Å². The second-order valence-electron chi connectivity index (χ2n) is 13.3. The van der Waals surface area contributed by atoms with E-state index in [0.717, 1.165) is 37.0 Å². The van der Waals surface area contributed by atoms with Crippen LogP contribution in [0.4, 0.5) is 0 Å². The second-order valence-corrected chi connectivity index (χ2v) is 13.3. The Morgan fingerprint density at radius 2 is 1.82 bits per heavy atom. The normalized spacial score (nSPS) is 45.8. The fourth-order valence-electron chi connectivity index (χ4n) is 9.41. The summed E-state index contributed by atoms with van der Waals surface area (Å²) in [4.78, 5) is 24.5. The maximum Gasteiger partial charge on any atom is 0.303 e. The molecule has 0 saturated heterocycles. The first-order valence-electron chi connectivity index (χ1n) is 13.8. The molecule has 0 amide bonds. The zero-order chi connectivity index (χ0) is 24.2. The highest BCUT2D eigenvalue weighted by Gasteiger charge is 2.68. The standard InChI is InChI=1S/C29H48O4/c1-18(2)8-7-9-19(3)23-10-11-24-22-16-26(33-20(4)30)29(32)17-21(31)12-15-28(29,6)25(22)13-14-27(23,24)5/h18-19,22-26,32H,7-17H2,1-6H3/t19-,22+,23-,24+,25-,26-,27-,28-,29+/m1/s1. The summed E-state index contributed by atoms with van der Waals surface area (Å²) in [5.41, 5.74) is -1.23. The highest BCUT2D eigenvalue weighted by Crippen LogP contribution is 2.69. The SMILES string of the molecule is CC(=O)O[C@@H]1C[C@@H]2[C@@H](CC[C@]3(C)[C@@H]([C@H](C)CCCC(C)C)CC[C@@H]23)[C@@]2(C)CCC(=O)C[C@]12O. The largest absolute Gasteiger partial charge is 0.459 e. The number of carbonyl (C=O) groups is 2. The van der Waals surface area contributed by atoms with E-state index in [1.807, 2.05) is 0 Å². The Morgan fingerprint density at radius 3 is 2.48 bits per heavy atom. The van der Waals surface area contributed by atoms with Crippen LogP contribution < -0.4 is 0 Å². The summed E-state index contributed by atoms with van der Waals surface area (Å²) in [6.07, 6.45) is 10.5. The number of esters is 1. The van der Waals surface area contributed by atoms with Gasteiger partial charge in [-0.05, 0) is 79.4 Å². The van der Waals surface area contributed by atoms with Gasteiger partial charge in [-0.15, -0.1) is 0 Å². The van der Waals surface area contributed by atoms with Crippen LogP contribution in [0.1, 0.15) is 112 Å². The van der Waals surface area contributed by atoms with E-state index in [9.17, 15) is 14.7 Å². The van der Waals surface area contributed by atoms with Gasteiger partial charge in [0.15, 0.2) is 0 Å². The molecule has 33 heavy (non-hydrogen) atoms. The van der Waals surface area contributed by atoms with E-state index in [4.69, 9.17) is 4.74 Å². The number of ketones is 1. The predicted molar refractivity (Wildman–Crippen MR) is 130 cm³/mol. The molecule has 0 spiro atoms. The molecular weight excluding hydrogens is 412 g/mol. The Balaban J connectivity index is 1.59. The molecular formula is C29H48O4. The molecule has 0 heterocycles. The van der Waals surface area contributed by atoms with E-state index >= 15 is 0 Å². The average Bonchev–Trinajstić information content (AvgIpc) is 3.07. The van der Waals surface area contributed by atoms with Gasteiger partial charge in [0.1, 0.15) is 17.5 Å². The van der Waals surface area contributed by atoms with Crippen molar-refractivity contribution in [1.82, 2.24) is 0 Å². The van der Waals surface area contributed by atoms with Crippen LogP contribution in [-0.2, 0) is 14.3 Å². The lowest BCUT2D eigenvalue weighted by Gasteiger charge is -2.65. The molecule has 0 aromatic heterocycles. The molecule has 4 saturated carbocycles. The Kier molecular flexibility index (Phi) is 6.84. The summed E-state index contributed by atoms with van der Waals surface area (Å²) in [5.74, 6) is 3.59. The third kappa shape index (κ3) is 4.10. The van der Waals surface area contributed by atoms with Crippen molar-refractivity contribution in [1.29, 1.82) is 0 Å². The molecule has 0 radical (unpaired) electrons. The minimum atomic E-state index is -1.22. The van der Waals surface area contributed by atoms with Crippen LogP contribution in [0.5, 0.6) is 0 Å². The smallest absolute Gasteiger partial charge is 0.303 e. The molecule has 0 aliphatic heterocycles. The fourth-order valence-corrected chi connectivity index (χ4v) is 9.41. The van der Waals surface area contributed by atoms with Crippen LogP contribution >= 0.6 is 0 Å². The van der Waals surface area contributed by atoms with Crippen molar-refractivity contribution in [3.63, 3.8) is 0 Å². The third-order valence-corrected chi connectivity index (χ3v) is 11.2. The van der Waals surface area contributed by atoms with Crippen LogP contribution in [0, 0.1) is 46.3 Å². The second kappa shape index (κ2) is 8.95. The van der Waals surface area contributed by atoms with Crippen LogP contribution in [0.25, 0.3) is 0 Å². The van der Waals surface area contributed by atoms with Crippen molar-refractivity contribution in [2.75, 3.05) is 0 Å². The third-order valence-electron chi connectivity index (χ3n) is 11.2. The predicted octanol–water partition coefficient (Wildman–Crippen LogP) is 6.33. The maximum atomic E-state index is 12.4. The summed E-state index contributed by atoms with van der Waals surface area (Å²) < 4.78 is 5.82. The Bertz CT molecular complexity index is 761. The van der Waals surface area contributed by atoms with Gasteiger partial charge in [0, 0.05) is 25.2 Å². The van der Waals surface area contributed by atoms with Crippen LogP contribution in [0.15, 0.2) is 0 Å². The summed E-state index contributed by atoms with van der Waals surface area (Å²) in [7, 11) is 0. The topological polar surface area (TPSA) is 63.6 Å². The number of carbonyl (C=O) groups excluding carboxylic acids is 2. The van der Waals surface area contributed by atoms with Crippen molar-refractivity contribution in [2.45, 2.75) is 124 Å². The van der Waals surface area contributed by atoms with Gasteiger partial charge in [-0.25, -0.2) is 0 Å². The van der Waals surface area contributed by atoms with Gasteiger partial charge in [-0.2, -0.15) is 0 Å². The van der Waals surface area contributed by atoms with E-state index in [-0.39, 0.29) is 23.6 Å². The van der Waals surface area contributed by atoms with Gasteiger partial charge in [0.2, 0.25) is 0 Å². The first-order valence-corrected chi connectivity index (χ1v) is 13.8. The molecule has 0 bridgehead atoms. The first kappa shape index (κ1) is 25.2. The van der Waals surface area contributed by atoms with Gasteiger partial charge in [-0.1, -0.05) is 53.9 Å². The lowest BCUT2D eigenvalue weighted by molar-refractivity contribution is -0.255. The average molecular weight is 461 g/mol. The zero-order valence-electron chi connectivity index (χ0n) is 22.0. The number of hydrogen-bond acceptors (Lipinski definition) is 4. The van der Waals surface area contributed by atoms with E-state index in [0.29, 0.717) is 29.6 Å². The molecule has 4 fully saturated rings. The number of rotatable bonds is 6. The molecule has 4 aliphatic rings. The molecule has 0 aromatic rings. The minimum Gasteiger partial charge on any atom is -0.459 e. The van der Waals surface area contributed by atoms with Gasteiger partial charge < -0.3 is 9.84 Å². The van der Waals surface area contributed by atoms with Crippen molar-refractivity contribution < 1.29 is 19.4 Å². The van der Waals surface area contributed by atoms with Crippen LogP contribution in [0.3, 0.4) is 0 Å². The number of Topliss-reactive ketones (excluding diaryl/α,β-unsaturated/α-hetero) is 1. The van der Waals surface area contributed by atoms with E-state index in [1.165, 1.54) is 45.4 Å². The van der Waals surface area contributed by atoms with Crippen LogP contribution in [0.2, 0.25) is 0 Å². The number of aliphatic hydroxyl groups is 1. The van der Waals surface area contributed by atoms with Crippen molar-refractivity contribution in [3.8, 4) is 0 Å². The Hall–Kier alpha value is -0.900. The van der Waals surface area contributed by atoms with Gasteiger partial charge in [0.25, 0.3) is 0 Å². The number of ether oxygens (including phenoxy) is 1. The monoisotopic (exact) mass is 460 g/mol. The molecule has 4 rings (SSSR count). The maximum absolute atomic E-state index is 12.4. The minimum absolute atomic E-state index is 0.113. The summed E-state index contributed by atoms with van der Waals surface area (Å²) >= 11 is 0. The quantitative estimate of drug-likeness (QED) is 0.470. The number of fused-ring (bicyclic) bond motifs is 5. The van der Waals surface area contributed by atoms with Gasteiger partial charge >= 0.3 is 5.97 Å². The van der Waals surface area contributed by atoms with Gasteiger partial charge in [0.05, 0.1) is 0 Å². The lowest BCUT2D eigenvalue weighted by Crippen LogP contribution is -2.69. The molecule has 0 unspecified atom stereocenters. The first-order chi connectivity index (χ1) is 15.4. The molecule has 0 aromatic carbocycles. The van der Waals surface area contributed by atoms with Crippen molar-refractivity contribution in [2.24, 2.45) is 46.3 Å². The highest BCUT2D eigenvalue weighted by molar-refractivity contribution is 5.81. The lowest BCUT2D eigenvalue weighted by atomic mass is 9.42. The number of hydrogen-bond donors (Lipinski definition) is 1. The molecule has 188 valence electrons. The van der Waals surface area contributed by atoms with Crippen molar-refractivity contribution in [3.05, 3.63) is 0 Å². The molecule has 4 aliphatic carbocycles. The summed E-state index contributed by atoms with van der Waals surface area (Å²) in [5, 5.41) is 12.0. The fraction of sp³-hybridized carbons (Fsp3) is 0.931. The Morgan fingerprint density at radius 1 is 1.09 bits per heavy atom. The molecule has 1 N–H and O–H groups in total.